The summed E-state index contributed by atoms with van der Waals surface area (Å²) in [6.45, 7) is -0.321. The second-order valence-corrected chi connectivity index (χ2v) is 10.8. The number of urea groups is 1. The molecule has 3 amide bonds. The second-order valence-electron chi connectivity index (χ2n) is 8.36. The van der Waals surface area contributed by atoms with Gasteiger partial charge in [0.25, 0.3) is 0 Å². The fourth-order valence-electron chi connectivity index (χ4n) is 4.08. The Balaban J connectivity index is 1.62. The Hall–Kier alpha value is -3.50. The fourth-order valence-corrected chi connectivity index (χ4v) is 5.11. The minimum atomic E-state index is -3.67. The van der Waals surface area contributed by atoms with Crippen LogP contribution in [0.25, 0.3) is 11.1 Å². The Morgan fingerprint density at radius 2 is 1.64 bits per heavy atom. The van der Waals surface area contributed by atoms with Gasteiger partial charge in [-0.25, -0.2) is 22.0 Å². The van der Waals surface area contributed by atoms with Crippen LogP contribution in [0.1, 0.15) is 6.42 Å². The summed E-state index contributed by atoms with van der Waals surface area (Å²) < 4.78 is 53.8. The SMILES string of the molecule is CS(=O)(=O)c1ccccc1-c1cccc(F)c1NC(=O)[C@H]1C[C@H](F)CN1C(=O)Nc1ccc(Cl)cc1. The van der Waals surface area contributed by atoms with Crippen LogP contribution in [0.15, 0.2) is 71.6 Å². The quantitative estimate of drug-likeness (QED) is 0.475. The van der Waals surface area contributed by atoms with Crippen molar-refractivity contribution in [1.29, 1.82) is 0 Å². The van der Waals surface area contributed by atoms with Crippen molar-refractivity contribution in [3.63, 3.8) is 0 Å². The summed E-state index contributed by atoms with van der Waals surface area (Å²) in [5.74, 6) is -1.61. The molecule has 7 nitrogen and oxygen atoms in total. The van der Waals surface area contributed by atoms with Crippen LogP contribution < -0.4 is 10.6 Å². The van der Waals surface area contributed by atoms with E-state index in [1.807, 2.05) is 0 Å². The number of rotatable bonds is 5. The van der Waals surface area contributed by atoms with Crippen molar-refractivity contribution in [1.82, 2.24) is 4.90 Å². The number of likely N-dealkylation sites (tertiary alicyclic amines) is 1. The van der Waals surface area contributed by atoms with Crippen LogP contribution in [0.4, 0.5) is 25.0 Å². The minimum absolute atomic E-state index is 0.0419. The van der Waals surface area contributed by atoms with E-state index in [4.69, 9.17) is 11.6 Å². The van der Waals surface area contributed by atoms with Crippen LogP contribution >= 0.6 is 11.6 Å². The molecule has 4 rings (SSSR count). The molecular weight excluding hydrogens is 512 g/mol. The lowest BCUT2D eigenvalue weighted by Crippen LogP contribution is -2.45. The van der Waals surface area contributed by atoms with Crippen LogP contribution in [-0.2, 0) is 14.6 Å². The van der Waals surface area contributed by atoms with Gasteiger partial charge in [0.1, 0.15) is 18.0 Å². The van der Waals surface area contributed by atoms with Gasteiger partial charge in [0.05, 0.1) is 17.1 Å². The summed E-state index contributed by atoms with van der Waals surface area (Å²) in [6.07, 6.45) is -0.702. The molecule has 0 bridgehead atoms. The lowest BCUT2D eigenvalue weighted by Gasteiger charge is -2.24. The highest BCUT2D eigenvalue weighted by molar-refractivity contribution is 7.90. The number of amides is 3. The number of anilines is 2. The summed E-state index contributed by atoms with van der Waals surface area (Å²) in [5, 5.41) is 5.52. The highest BCUT2D eigenvalue weighted by Gasteiger charge is 2.40. The lowest BCUT2D eigenvalue weighted by molar-refractivity contribution is -0.119. The van der Waals surface area contributed by atoms with Crippen molar-refractivity contribution in [2.75, 3.05) is 23.4 Å². The molecule has 2 atom stereocenters. The number of carbonyl (C=O) groups is 2. The summed E-state index contributed by atoms with van der Waals surface area (Å²) in [5.41, 5.74) is 0.469. The van der Waals surface area contributed by atoms with E-state index in [0.29, 0.717) is 10.7 Å². The molecule has 3 aromatic carbocycles. The zero-order valence-electron chi connectivity index (χ0n) is 19.0. The molecule has 1 aliphatic rings. The first kappa shape index (κ1) is 25.6. The average molecular weight is 534 g/mol. The molecule has 11 heteroatoms. The number of nitrogens with one attached hydrogen (secondary N) is 2. The number of sulfone groups is 1. The van der Waals surface area contributed by atoms with E-state index in [0.717, 1.165) is 17.2 Å². The summed E-state index contributed by atoms with van der Waals surface area (Å²) in [4.78, 5) is 27.0. The van der Waals surface area contributed by atoms with Crippen molar-refractivity contribution in [2.45, 2.75) is 23.5 Å². The van der Waals surface area contributed by atoms with Crippen LogP contribution in [0.3, 0.4) is 0 Å². The summed E-state index contributed by atoms with van der Waals surface area (Å²) in [6, 6.07) is 14.3. The van der Waals surface area contributed by atoms with Gasteiger partial charge in [0.2, 0.25) is 5.91 Å². The molecule has 0 aliphatic carbocycles. The van der Waals surface area contributed by atoms with Crippen LogP contribution in [0, 0.1) is 5.82 Å². The number of halogens is 3. The molecular formula is C25H22ClF2N3O4S. The third-order valence-electron chi connectivity index (χ3n) is 5.75. The van der Waals surface area contributed by atoms with Crippen molar-refractivity contribution < 1.29 is 26.8 Å². The van der Waals surface area contributed by atoms with Gasteiger partial charge in [-0.1, -0.05) is 41.9 Å². The normalized spacial score (nSPS) is 17.6. The Labute approximate surface area is 212 Å². The predicted molar refractivity (Wildman–Crippen MR) is 134 cm³/mol. The summed E-state index contributed by atoms with van der Waals surface area (Å²) >= 11 is 5.85. The molecule has 0 aromatic heterocycles. The van der Waals surface area contributed by atoms with E-state index in [9.17, 15) is 26.8 Å². The number of hydrogen-bond donors (Lipinski definition) is 2. The van der Waals surface area contributed by atoms with E-state index < -0.39 is 39.8 Å². The highest BCUT2D eigenvalue weighted by Crippen LogP contribution is 2.35. The van der Waals surface area contributed by atoms with Gasteiger partial charge < -0.3 is 15.5 Å². The zero-order valence-corrected chi connectivity index (χ0v) is 20.6. The lowest BCUT2D eigenvalue weighted by atomic mass is 10.0. The molecule has 3 aromatic rings. The first-order chi connectivity index (χ1) is 17.0. The largest absolute Gasteiger partial charge is 0.322 e. The van der Waals surface area contributed by atoms with Crippen LogP contribution in [0.5, 0.6) is 0 Å². The van der Waals surface area contributed by atoms with Crippen LogP contribution in [0.2, 0.25) is 5.02 Å². The van der Waals surface area contributed by atoms with E-state index in [1.165, 1.54) is 30.3 Å². The number of carbonyl (C=O) groups excluding carboxylic acids is 2. The Kier molecular flexibility index (Phi) is 7.28. The van der Waals surface area contributed by atoms with Crippen molar-refractivity contribution in [2.24, 2.45) is 0 Å². The molecule has 1 heterocycles. The maximum atomic E-state index is 14.9. The second kappa shape index (κ2) is 10.2. The van der Waals surface area contributed by atoms with Gasteiger partial charge >= 0.3 is 6.03 Å². The molecule has 1 fully saturated rings. The van der Waals surface area contributed by atoms with Gasteiger partial charge in [-0.3, -0.25) is 4.79 Å². The van der Waals surface area contributed by atoms with Gasteiger partial charge in [-0.05, 0) is 36.4 Å². The molecule has 0 radical (unpaired) electrons. The topological polar surface area (TPSA) is 95.6 Å². The van der Waals surface area contributed by atoms with Gasteiger partial charge in [0.15, 0.2) is 9.84 Å². The molecule has 2 N–H and O–H groups in total. The zero-order chi connectivity index (χ0) is 26.0. The van der Waals surface area contributed by atoms with E-state index >= 15 is 0 Å². The Morgan fingerprint density at radius 1 is 0.972 bits per heavy atom. The molecule has 0 spiro atoms. The maximum absolute atomic E-state index is 14.9. The fraction of sp³-hybridized carbons (Fsp3) is 0.200. The number of nitrogens with zero attached hydrogens (tertiary/aromatic N) is 1. The molecule has 36 heavy (non-hydrogen) atoms. The maximum Gasteiger partial charge on any atom is 0.322 e. The predicted octanol–water partition coefficient (Wildman–Crippen LogP) is 5.13. The first-order valence-electron chi connectivity index (χ1n) is 10.9. The summed E-state index contributed by atoms with van der Waals surface area (Å²) in [7, 11) is -3.67. The molecule has 0 saturated carbocycles. The van der Waals surface area contributed by atoms with Crippen molar-refractivity contribution >= 4 is 44.8 Å². The molecule has 1 saturated heterocycles. The van der Waals surface area contributed by atoms with E-state index in [2.05, 4.69) is 10.6 Å². The monoisotopic (exact) mass is 533 g/mol. The van der Waals surface area contributed by atoms with Gasteiger partial charge in [-0.15, -0.1) is 0 Å². The molecule has 188 valence electrons. The third kappa shape index (κ3) is 5.50. The number of benzene rings is 3. The average Bonchev–Trinajstić information content (AvgIpc) is 3.23. The molecule has 0 unspecified atom stereocenters. The van der Waals surface area contributed by atoms with Gasteiger partial charge in [-0.2, -0.15) is 0 Å². The van der Waals surface area contributed by atoms with E-state index in [-0.39, 0.29) is 34.7 Å². The smallest absolute Gasteiger partial charge is 0.321 e. The van der Waals surface area contributed by atoms with Crippen molar-refractivity contribution in [3.05, 3.63) is 77.6 Å². The number of alkyl halides is 1. The number of hydrogen-bond acceptors (Lipinski definition) is 4. The standard InChI is InChI=1S/C25H22ClF2N3O4S/c1-36(34,35)22-8-3-2-5-18(22)19-6-4-7-20(28)23(19)30-24(32)21-13-16(27)14-31(21)25(33)29-17-11-9-15(26)10-12-17/h2-12,16,21H,13-14H2,1H3,(H,29,33)(H,30,32)/t16-,21+/m0/s1. The van der Waals surface area contributed by atoms with Crippen molar-refractivity contribution in [3.8, 4) is 11.1 Å². The minimum Gasteiger partial charge on any atom is -0.321 e. The Bertz CT molecular complexity index is 1420. The van der Waals surface area contributed by atoms with E-state index in [1.54, 1.807) is 30.3 Å². The Morgan fingerprint density at radius 3 is 2.33 bits per heavy atom. The first-order valence-corrected chi connectivity index (χ1v) is 13.2. The van der Waals surface area contributed by atoms with Gasteiger partial charge in [0, 0.05) is 34.5 Å². The third-order valence-corrected chi connectivity index (χ3v) is 7.15. The van der Waals surface area contributed by atoms with Crippen LogP contribution in [-0.4, -0.2) is 50.3 Å². The number of para-hydroxylation sites is 1. The highest BCUT2D eigenvalue weighted by atomic mass is 35.5. The molecule has 1 aliphatic heterocycles.